The zero-order valence-corrected chi connectivity index (χ0v) is 10.9. The molecule has 1 heterocycles. The molecule has 0 aliphatic rings. The van der Waals surface area contributed by atoms with E-state index in [4.69, 9.17) is 0 Å². The van der Waals surface area contributed by atoms with Gasteiger partial charge in [-0.1, -0.05) is 0 Å². The van der Waals surface area contributed by atoms with Crippen LogP contribution in [0.5, 0.6) is 0 Å². The quantitative estimate of drug-likeness (QED) is 0.815. The van der Waals surface area contributed by atoms with E-state index in [-0.39, 0.29) is 5.78 Å². The molecule has 0 radical (unpaired) electrons. The van der Waals surface area contributed by atoms with Gasteiger partial charge in [-0.3, -0.25) is 4.79 Å². The second-order valence-corrected chi connectivity index (χ2v) is 4.34. The number of carbonyl (C=O) groups is 1. The van der Waals surface area contributed by atoms with E-state index >= 15 is 0 Å². The van der Waals surface area contributed by atoms with E-state index in [1.807, 2.05) is 13.1 Å². The number of Topliss-reactive ketones (excluding diaryl/α,β-unsaturated/α-hetero) is 1. The summed E-state index contributed by atoms with van der Waals surface area (Å²) in [4.78, 5) is 21.2. The van der Waals surface area contributed by atoms with Gasteiger partial charge in [0.05, 0.1) is 0 Å². The Morgan fingerprint density at radius 1 is 1.47 bits per heavy atom. The van der Waals surface area contributed by atoms with Crippen molar-refractivity contribution in [1.82, 2.24) is 9.97 Å². The van der Waals surface area contributed by atoms with Gasteiger partial charge in [0, 0.05) is 32.1 Å². The van der Waals surface area contributed by atoms with Gasteiger partial charge < -0.3 is 10.2 Å². The average molecular weight is 236 g/mol. The number of rotatable bonds is 6. The molecule has 1 aromatic rings. The fourth-order valence-electron chi connectivity index (χ4n) is 1.27. The molecule has 0 aromatic carbocycles. The molecule has 0 saturated heterocycles. The Labute approximate surface area is 102 Å². The molecule has 0 aliphatic heterocycles. The predicted octanol–water partition coefficient (Wildman–Crippen LogP) is 1.71. The summed E-state index contributed by atoms with van der Waals surface area (Å²) in [5.74, 6) is 1.80. The van der Waals surface area contributed by atoms with Crippen molar-refractivity contribution in [2.24, 2.45) is 0 Å². The summed E-state index contributed by atoms with van der Waals surface area (Å²) in [5, 5.41) is 3.11. The maximum atomic E-state index is 10.8. The van der Waals surface area contributed by atoms with E-state index in [1.54, 1.807) is 6.92 Å². The highest BCUT2D eigenvalue weighted by molar-refractivity contribution is 5.75. The fourth-order valence-corrected chi connectivity index (χ4v) is 1.27. The summed E-state index contributed by atoms with van der Waals surface area (Å²) in [5.41, 5.74) is 0. The van der Waals surface area contributed by atoms with Crippen LogP contribution in [0.4, 0.5) is 11.6 Å². The van der Waals surface area contributed by atoms with Crippen LogP contribution in [0, 0.1) is 0 Å². The minimum absolute atomic E-state index is 0.172. The van der Waals surface area contributed by atoms with Crippen molar-refractivity contribution >= 4 is 17.4 Å². The number of nitrogens with zero attached hydrogens (tertiary/aromatic N) is 3. The summed E-state index contributed by atoms with van der Waals surface area (Å²) in [6.45, 7) is 6.40. The number of anilines is 2. The summed E-state index contributed by atoms with van der Waals surface area (Å²) in [6.07, 6.45) is 2.05. The SMILES string of the molecule is CC(=O)CCNc1cc(N(C)C(C)C)ncn1. The van der Waals surface area contributed by atoms with Crippen LogP contribution in [0.1, 0.15) is 27.2 Å². The van der Waals surface area contributed by atoms with Crippen molar-refractivity contribution in [3.05, 3.63) is 12.4 Å². The number of carbonyl (C=O) groups excluding carboxylic acids is 1. The minimum Gasteiger partial charge on any atom is -0.369 e. The molecule has 1 rings (SSSR count). The molecule has 0 fully saturated rings. The molecular formula is C12H20N4O. The Morgan fingerprint density at radius 2 is 2.18 bits per heavy atom. The third kappa shape index (κ3) is 4.38. The van der Waals surface area contributed by atoms with Crippen LogP contribution in [-0.2, 0) is 4.79 Å². The smallest absolute Gasteiger partial charge is 0.134 e. The molecule has 0 unspecified atom stereocenters. The molecule has 0 atom stereocenters. The van der Waals surface area contributed by atoms with Gasteiger partial charge in [-0.05, 0) is 20.8 Å². The molecule has 1 N–H and O–H groups in total. The number of hydrogen-bond acceptors (Lipinski definition) is 5. The number of aromatic nitrogens is 2. The monoisotopic (exact) mass is 236 g/mol. The van der Waals surface area contributed by atoms with Gasteiger partial charge in [0.1, 0.15) is 23.7 Å². The van der Waals surface area contributed by atoms with Crippen molar-refractivity contribution in [2.75, 3.05) is 23.8 Å². The molecule has 0 aliphatic carbocycles. The third-order valence-electron chi connectivity index (χ3n) is 2.57. The normalized spacial score (nSPS) is 10.4. The van der Waals surface area contributed by atoms with Crippen molar-refractivity contribution in [2.45, 2.75) is 33.2 Å². The second-order valence-electron chi connectivity index (χ2n) is 4.34. The van der Waals surface area contributed by atoms with Gasteiger partial charge in [-0.2, -0.15) is 0 Å². The van der Waals surface area contributed by atoms with Gasteiger partial charge in [0.2, 0.25) is 0 Å². The highest BCUT2D eigenvalue weighted by atomic mass is 16.1. The molecule has 0 bridgehead atoms. The van der Waals surface area contributed by atoms with Crippen LogP contribution in [-0.4, -0.2) is 35.4 Å². The Balaban J connectivity index is 2.62. The van der Waals surface area contributed by atoms with Gasteiger partial charge in [-0.25, -0.2) is 9.97 Å². The lowest BCUT2D eigenvalue weighted by Crippen LogP contribution is -2.26. The van der Waals surface area contributed by atoms with E-state index < -0.39 is 0 Å². The van der Waals surface area contributed by atoms with Crippen LogP contribution in [0.25, 0.3) is 0 Å². The summed E-state index contributed by atoms with van der Waals surface area (Å²) in [7, 11) is 1.99. The maximum absolute atomic E-state index is 10.8. The molecular weight excluding hydrogens is 216 g/mol. The lowest BCUT2D eigenvalue weighted by atomic mass is 10.3. The second kappa shape index (κ2) is 6.18. The first-order chi connectivity index (χ1) is 8.00. The number of hydrogen-bond donors (Lipinski definition) is 1. The Bertz CT molecular complexity index is 379. The zero-order chi connectivity index (χ0) is 12.8. The summed E-state index contributed by atoms with van der Waals surface area (Å²) in [6, 6.07) is 2.27. The zero-order valence-electron chi connectivity index (χ0n) is 10.9. The molecule has 0 amide bonds. The van der Waals surface area contributed by atoms with Gasteiger partial charge in [0.25, 0.3) is 0 Å². The van der Waals surface area contributed by atoms with Crippen molar-refractivity contribution in [3.63, 3.8) is 0 Å². The lowest BCUT2D eigenvalue weighted by Gasteiger charge is -2.22. The molecule has 94 valence electrons. The topological polar surface area (TPSA) is 58.1 Å². The predicted molar refractivity (Wildman–Crippen MR) is 69.4 cm³/mol. The van der Waals surface area contributed by atoms with Crippen LogP contribution in [0.15, 0.2) is 12.4 Å². The highest BCUT2D eigenvalue weighted by Crippen LogP contribution is 2.14. The van der Waals surface area contributed by atoms with E-state index in [9.17, 15) is 4.79 Å². The largest absolute Gasteiger partial charge is 0.369 e. The van der Waals surface area contributed by atoms with Crippen LogP contribution >= 0.6 is 0 Å². The van der Waals surface area contributed by atoms with Crippen LogP contribution in [0.3, 0.4) is 0 Å². The third-order valence-corrected chi connectivity index (χ3v) is 2.57. The molecule has 17 heavy (non-hydrogen) atoms. The van der Waals surface area contributed by atoms with Crippen LogP contribution < -0.4 is 10.2 Å². The van der Waals surface area contributed by atoms with Crippen LogP contribution in [0.2, 0.25) is 0 Å². The highest BCUT2D eigenvalue weighted by Gasteiger charge is 2.07. The van der Waals surface area contributed by atoms with Gasteiger partial charge >= 0.3 is 0 Å². The van der Waals surface area contributed by atoms with Gasteiger partial charge in [-0.15, -0.1) is 0 Å². The van der Waals surface area contributed by atoms with Crippen molar-refractivity contribution < 1.29 is 4.79 Å². The minimum atomic E-state index is 0.172. The summed E-state index contributed by atoms with van der Waals surface area (Å²) < 4.78 is 0. The average Bonchev–Trinajstić information content (AvgIpc) is 2.28. The standard InChI is InChI=1S/C12H20N4O/c1-9(2)16(4)12-7-11(14-8-15-12)13-6-5-10(3)17/h7-9H,5-6H2,1-4H3,(H,13,14,15). The lowest BCUT2D eigenvalue weighted by molar-refractivity contribution is -0.116. The summed E-state index contributed by atoms with van der Waals surface area (Å²) >= 11 is 0. The Kier molecular flexibility index (Phi) is 4.87. The Hall–Kier alpha value is -1.65. The van der Waals surface area contributed by atoms with Gasteiger partial charge in [0.15, 0.2) is 0 Å². The van der Waals surface area contributed by atoms with E-state index in [0.717, 1.165) is 11.6 Å². The first kappa shape index (κ1) is 13.4. The maximum Gasteiger partial charge on any atom is 0.134 e. The molecule has 0 spiro atoms. The van der Waals surface area contributed by atoms with Crippen molar-refractivity contribution in [1.29, 1.82) is 0 Å². The first-order valence-corrected chi connectivity index (χ1v) is 5.79. The molecule has 0 saturated carbocycles. The number of nitrogens with one attached hydrogen (secondary N) is 1. The van der Waals surface area contributed by atoms with Crippen molar-refractivity contribution in [3.8, 4) is 0 Å². The Morgan fingerprint density at radius 3 is 2.76 bits per heavy atom. The number of ketones is 1. The molecule has 1 aromatic heterocycles. The van der Waals surface area contributed by atoms with E-state index in [1.165, 1.54) is 6.33 Å². The van der Waals surface area contributed by atoms with E-state index in [0.29, 0.717) is 19.0 Å². The molecule has 5 nitrogen and oxygen atoms in total. The fraction of sp³-hybridized carbons (Fsp3) is 0.583. The van der Waals surface area contributed by atoms with E-state index in [2.05, 4.69) is 34.0 Å². The first-order valence-electron chi connectivity index (χ1n) is 5.79. The molecule has 5 heteroatoms.